The molecule has 2 N–H and O–H groups in total. The molecule has 22 heavy (non-hydrogen) atoms. The zero-order valence-electron chi connectivity index (χ0n) is 11.9. The summed E-state index contributed by atoms with van der Waals surface area (Å²) in [5.74, 6) is -0.172. The van der Waals surface area contributed by atoms with Crippen molar-refractivity contribution in [2.75, 3.05) is 17.2 Å². The van der Waals surface area contributed by atoms with E-state index < -0.39 is 0 Å². The van der Waals surface area contributed by atoms with Crippen molar-refractivity contribution in [1.82, 2.24) is 10.2 Å². The molecule has 0 fully saturated rings. The van der Waals surface area contributed by atoms with E-state index in [4.69, 9.17) is 23.2 Å². The Hall–Kier alpha value is -1.02. The number of hydrogen-bond donors (Lipinski definition) is 2. The maximum atomic E-state index is 12.2. The van der Waals surface area contributed by atoms with Crippen molar-refractivity contribution < 1.29 is 4.79 Å². The van der Waals surface area contributed by atoms with Crippen LogP contribution in [-0.2, 0) is 4.79 Å². The molecule has 0 bridgehead atoms. The third-order valence-electron chi connectivity index (χ3n) is 2.57. The van der Waals surface area contributed by atoms with E-state index in [2.05, 4.69) is 20.8 Å². The van der Waals surface area contributed by atoms with Crippen LogP contribution in [0.4, 0.5) is 10.8 Å². The average molecular weight is 377 g/mol. The van der Waals surface area contributed by atoms with Crippen molar-refractivity contribution >= 4 is 63.0 Å². The van der Waals surface area contributed by atoms with Crippen molar-refractivity contribution in [3.63, 3.8) is 0 Å². The zero-order chi connectivity index (χ0) is 16.1. The summed E-state index contributed by atoms with van der Waals surface area (Å²) in [6.07, 6.45) is 0. The van der Waals surface area contributed by atoms with Gasteiger partial charge in [0.2, 0.25) is 11.0 Å². The Morgan fingerprint density at radius 1 is 1.41 bits per heavy atom. The summed E-state index contributed by atoms with van der Waals surface area (Å²) in [7, 11) is 0. The molecule has 0 saturated carbocycles. The SMILES string of the molecule is CCNc1nnc(S[C@H](C)C(=O)Nc2cc(Cl)ccc2Cl)s1. The molecule has 2 rings (SSSR count). The summed E-state index contributed by atoms with van der Waals surface area (Å²) >= 11 is 14.7. The number of hydrogen-bond acceptors (Lipinski definition) is 6. The average Bonchev–Trinajstić information content (AvgIpc) is 2.90. The van der Waals surface area contributed by atoms with E-state index in [1.165, 1.54) is 23.1 Å². The van der Waals surface area contributed by atoms with Crippen LogP contribution in [0.1, 0.15) is 13.8 Å². The molecule has 1 heterocycles. The van der Waals surface area contributed by atoms with E-state index in [0.717, 1.165) is 16.0 Å². The fourth-order valence-electron chi connectivity index (χ4n) is 1.51. The number of halogens is 2. The fourth-order valence-corrected chi connectivity index (χ4v) is 3.81. The minimum atomic E-state index is -0.336. The molecule has 0 radical (unpaired) electrons. The van der Waals surface area contributed by atoms with Gasteiger partial charge in [0.1, 0.15) is 0 Å². The first-order valence-corrected chi connectivity index (χ1v) is 8.94. The predicted molar refractivity (Wildman–Crippen MR) is 94.5 cm³/mol. The van der Waals surface area contributed by atoms with E-state index in [-0.39, 0.29) is 11.2 Å². The number of nitrogens with zero attached hydrogens (tertiary/aromatic N) is 2. The molecule has 0 aliphatic carbocycles. The Morgan fingerprint density at radius 3 is 2.91 bits per heavy atom. The molecule has 1 atom stereocenters. The number of thioether (sulfide) groups is 1. The molecular weight excluding hydrogens is 363 g/mol. The van der Waals surface area contributed by atoms with Gasteiger partial charge in [-0.05, 0) is 32.0 Å². The van der Waals surface area contributed by atoms with Crippen LogP contribution in [0.3, 0.4) is 0 Å². The molecule has 0 saturated heterocycles. The zero-order valence-corrected chi connectivity index (χ0v) is 15.0. The maximum absolute atomic E-state index is 12.2. The third-order valence-corrected chi connectivity index (χ3v) is 5.20. The smallest absolute Gasteiger partial charge is 0.237 e. The number of amides is 1. The molecule has 2 aromatic rings. The molecule has 1 aromatic heterocycles. The number of benzene rings is 1. The van der Waals surface area contributed by atoms with Gasteiger partial charge in [0.05, 0.1) is 16.0 Å². The monoisotopic (exact) mass is 376 g/mol. The normalized spacial score (nSPS) is 12.0. The van der Waals surface area contributed by atoms with E-state index >= 15 is 0 Å². The lowest BCUT2D eigenvalue weighted by Crippen LogP contribution is -2.22. The first kappa shape index (κ1) is 17.3. The lowest BCUT2D eigenvalue weighted by atomic mass is 10.3. The Balaban J connectivity index is 1.98. The lowest BCUT2D eigenvalue weighted by Gasteiger charge is -2.11. The van der Waals surface area contributed by atoms with Crippen LogP contribution >= 0.6 is 46.3 Å². The maximum Gasteiger partial charge on any atom is 0.237 e. The molecule has 9 heteroatoms. The van der Waals surface area contributed by atoms with E-state index in [1.807, 2.05) is 6.92 Å². The largest absolute Gasteiger partial charge is 0.360 e. The highest BCUT2D eigenvalue weighted by Gasteiger charge is 2.18. The Morgan fingerprint density at radius 2 is 2.18 bits per heavy atom. The second-order valence-electron chi connectivity index (χ2n) is 4.28. The van der Waals surface area contributed by atoms with Gasteiger partial charge in [-0.2, -0.15) is 0 Å². The summed E-state index contributed by atoms with van der Waals surface area (Å²) in [6, 6.07) is 4.93. The van der Waals surface area contributed by atoms with E-state index in [0.29, 0.717) is 15.7 Å². The molecule has 1 aromatic carbocycles. The van der Waals surface area contributed by atoms with Gasteiger partial charge in [-0.3, -0.25) is 4.79 Å². The minimum absolute atomic E-state index is 0.172. The first-order chi connectivity index (χ1) is 10.5. The highest BCUT2D eigenvalue weighted by Crippen LogP contribution is 2.30. The topological polar surface area (TPSA) is 66.9 Å². The number of carbonyl (C=O) groups is 1. The Kier molecular flexibility index (Phi) is 6.31. The van der Waals surface area contributed by atoms with E-state index in [9.17, 15) is 4.79 Å². The van der Waals surface area contributed by atoms with Crippen molar-refractivity contribution in [2.45, 2.75) is 23.4 Å². The van der Waals surface area contributed by atoms with Crippen LogP contribution in [-0.4, -0.2) is 27.9 Å². The second-order valence-corrected chi connectivity index (χ2v) is 7.69. The van der Waals surface area contributed by atoms with Crippen LogP contribution in [0.2, 0.25) is 10.0 Å². The number of nitrogens with one attached hydrogen (secondary N) is 2. The van der Waals surface area contributed by atoms with Crippen LogP contribution in [0.25, 0.3) is 0 Å². The third kappa shape index (κ3) is 4.74. The Labute approximate surface area is 146 Å². The van der Waals surface area contributed by atoms with Crippen LogP contribution < -0.4 is 10.6 Å². The number of carbonyl (C=O) groups excluding carboxylic acids is 1. The summed E-state index contributed by atoms with van der Waals surface area (Å²) in [4.78, 5) is 12.2. The standard InChI is InChI=1S/C13H14Cl2N4OS2/c1-3-16-12-18-19-13(22-12)21-7(2)11(20)17-10-6-8(14)4-5-9(10)15/h4-7H,3H2,1-2H3,(H,16,18)(H,17,20)/t7-/m1/s1. The van der Waals surface area contributed by atoms with Gasteiger partial charge < -0.3 is 10.6 Å². The van der Waals surface area contributed by atoms with Gasteiger partial charge in [-0.1, -0.05) is 46.3 Å². The van der Waals surface area contributed by atoms with Crippen LogP contribution in [0.5, 0.6) is 0 Å². The number of aromatic nitrogens is 2. The molecule has 1 amide bonds. The number of anilines is 2. The quantitative estimate of drug-likeness (QED) is 0.731. The molecule has 118 valence electrons. The van der Waals surface area contributed by atoms with Crippen molar-refractivity contribution in [3.8, 4) is 0 Å². The van der Waals surface area contributed by atoms with E-state index in [1.54, 1.807) is 25.1 Å². The predicted octanol–water partition coefficient (Wildman–Crippen LogP) is 4.40. The van der Waals surface area contributed by atoms with Crippen LogP contribution in [0.15, 0.2) is 22.5 Å². The second kappa shape index (κ2) is 8.01. The number of rotatable bonds is 6. The summed E-state index contributed by atoms with van der Waals surface area (Å²) in [5.41, 5.74) is 0.497. The van der Waals surface area contributed by atoms with Gasteiger partial charge in [0, 0.05) is 11.6 Å². The van der Waals surface area contributed by atoms with Gasteiger partial charge in [-0.15, -0.1) is 10.2 Å². The van der Waals surface area contributed by atoms with Crippen molar-refractivity contribution in [1.29, 1.82) is 0 Å². The molecule has 0 unspecified atom stereocenters. The fraction of sp³-hybridized carbons (Fsp3) is 0.308. The van der Waals surface area contributed by atoms with Gasteiger partial charge in [-0.25, -0.2) is 0 Å². The molecule has 0 aliphatic rings. The van der Waals surface area contributed by atoms with Crippen molar-refractivity contribution in [3.05, 3.63) is 28.2 Å². The van der Waals surface area contributed by atoms with Gasteiger partial charge in [0.25, 0.3) is 0 Å². The first-order valence-electron chi connectivity index (χ1n) is 6.49. The molecule has 5 nitrogen and oxygen atoms in total. The van der Waals surface area contributed by atoms with Crippen molar-refractivity contribution in [2.24, 2.45) is 0 Å². The lowest BCUT2D eigenvalue weighted by molar-refractivity contribution is -0.115. The summed E-state index contributed by atoms with van der Waals surface area (Å²) in [6.45, 7) is 4.56. The van der Waals surface area contributed by atoms with Crippen LogP contribution in [0, 0.1) is 0 Å². The highest BCUT2D eigenvalue weighted by molar-refractivity contribution is 8.02. The van der Waals surface area contributed by atoms with Gasteiger partial charge >= 0.3 is 0 Å². The minimum Gasteiger partial charge on any atom is -0.360 e. The highest BCUT2D eigenvalue weighted by atomic mass is 35.5. The molecule has 0 aliphatic heterocycles. The van der Waals surface area contributed by atoms with Gasteiger partial charge in [0.15, 0.2) is 4.34 Å². The summed E-state index contributed by atoms with van der Waals surface area (Å²) < 4.78 is 0.732. The summed E-state index contributed by atoms with van der Waals surface area (Å²) in [5, 5.41) is 15.3. The molecule has 0 spiro atoms. The molecular formula is C13H14Cl2N4OS2. The Bertz CT molecular complexity index is 665.